The maximum absolute atomic E-state index is 11.8. The van der Waals surface area contributed by atoms with Gasteiger partial charge in [0.2, 0.25) is 0 Å². The number of hydrogen-bond acceptors (Lipinski definition) is 4. The molecule has 0 saturated heterocycles. The van der Waals surface area contributed by atoms with Gasteiger partial charge in [-0.2, -0.15) is 4.68 Å². The quantitative estimate of drug-likeness (QED) is 0.772. The molecule has 5 nitrogen and oxygen atoms in total. The number of aromatic amines is 1. The fraction of sp³-hybridized carbons (Fsp3) is 0.111. The molecule has 0 aliphatic carbocycles. The topological polar surface area (TPSA) is 80.9 Å². The molecule has 3 N–H and O–H groups in total. The van der Waals surface area contributed by atoms with E-state index in [0.29, 0.717) is 10.6 Å². The molecule has 0 amide bonds. The third kappa shape index (κ3) is 1.77. The van der Waals surface area contributed by atoms with Gasteiger partial charge >= 0.3 is 0 Å². The number of rotatable bonds is 2. The van der Waals surface area contributed by atoms with Crippen LogP contribution in [0.2, 0.25) is 0 Å². The average Bonchev–Trinajstić information content (AvgIpc) is 2.85. The number of H-pyrrole nitrogens is 1. The predicted molar refractivity (Wildman–Crippen MR) is 57.0 cm³/mol. The van der Waals surface area contributed by atoms with Crippen molar-refractivity contribution in [1.29, 1.82) is 0 Å². The van der Waals surface area contributed by atoms with Crippen LogP contribution in [0.25, 0.3) is 0 Å². The van der Waals surface area contributed by atoms with Crippen LogP contribution in [0.3, 0.4) is 0 Å². The van der Waals surface area contributed by atoms with E-state index in [1.165, 1.54) is 17.4 Å². The van der Waals surface area contributed by atoms with Gasteiger partial charge in [-0.15, -0.1) is 11.3 Å². The van der Waals surface area contributed by atoms with Crippen LogP contribution >= 0.6 is 11.3 Å². The first kappa shape index (κ1) is 9.88. The van der Waals surface area contributed by atoms with E-state index in [1.54, 1.807) is 17.5 Å². The molecule has 0 radical (unpaired) electrons. The molecule has 78 valence electrons. The highest BCUT2D eigenvalue weighted by atomic mass is 32.1. The van der Waals surface area contributed by atoms with Gasteiger partial charge in [0.1, 0.15) is 0 Å². The molecule has 2 aromatic heterocycles. The first-order chi connectivity index (χ1) is 7.22. The highest BCUT2D eigenvalue weighted by Crippen LogP contribution is 2.09. The van der Waals surface area contributed by atoms with Crippen LogP contribution in [0.15, 0.2) is 28.4 Å². The highest BCUT2D eigenvalue weighted by Gasteiger charge is 2.13. The van der Waals surface area contributed by atoms with Crippen LogP contribution < -0.4 is 11.3 Å². The van der Waals surface area contributed by atoms with Crippen LogP contribution in [0.4, 0.5) is 0 Å². The summed E-state index contributed by atoms with van der Waals surface area (Å²) in [6.45, 7) is 0.208. The van der Waals surface area contributed by atoms with Gasteiger partial charge in [0.25, 0.3) is 11.5 Å². The summed E-state index contributed by atoms with van der Waals surface area (Å²) in [6, 6.07) is 4.75. The number of carbonyl (C=O) groups excluding carboxylic acids is 1. The van der Waals surface area contributed by atoms with Crippen LogP contribution in [0.1, 0.15) is 15.4 Å². The van der Waals surface area contributed by atoms with E-state index in [4.69, 9.17) is 5.73 Å². The SMILES string of the molecule is NCc1cc(=O)n(C(=O)c2cccs2)[nH]1. The van der Waals surface area contributed by atoms with Gasteiger partial charge in [0.15, 0.2) is 0 Å². The van der Waals surface area contributed by atoms with Crippen molar-refractivity contribution in [2.75, 3.05) is 0 Å². The molecule has 0 aliphatic heterocycles. The normalized spacial score (nSPS) is 10.5. The first-order valence-electron chi connectivity index (χ1n) is 4.31. The summed E-state index contributed by atoms with van der Waals surface area (Å²) in [5.74, 6) is -0.352. The predicted octanol–water partition coefficient (Wildman–Crippen LogP) is 0.385. The average molecular weight is 223 g/mol. The summed E-state index contributed by atoms with van der Waals surface area (Å²) in [5.41, 5.74) is 5.52. The standard InChI is InChI=1S/C9H9N3O2S/c10-5-6-4-8(13)12(11-6)9(14)7-2-1-3-15-7/h1-4,11H,5,10H2. The fourth-order valence-corrected chi connectivity index (χ4v) is 1.86. The third-order valence-electron chi connectivity index (χ3n) is 1.93. The van der Waals surface area contributed by atoms with Gasteiger partial charge in [0, 0.05) is 12.6 Å². The molecule has 0 bridgehead atoms. The van der Waals surface area contributed by atoms with Gasteiger partial charge in [-0.1, -0.05) is 6.07 Å². The molecule has 0 unspecified atom stereocenters. The minimum atomic E-state index is -0.381. The second kappa shape index (κ2) is 3.84. The molecule has 2 rings (SSSR count). The minimum Gasteiger partial charge on any atom is -0.325 e. The summed E-state index contributed by atoms with van der Waals surface area (Å²) >= 11 is 1.29. The summed E-state index contributed by atoms with van der Waals surface area (Å²) in [6.07, 6.45) is 0. The summed E-state index contributed by atoms with van der Waals surface area (Å²) in [7, 11) is 0. The number of nitrogens with two attached hydrogens (primary N) is 1. The van der Waals surface area contributed by atoms with E-state index in [1.807, 2.05) is 0 Å². The zero-order valence-corrected chi connectivity index (χ0v) is 8.58. The molecule has 0 aliphatic rings. The Labute approximate surface area is 89.1 Å². The Bertz CT molecular complexity index is 524. The van der Waals surface area contributed by atoms with Crippen molar-refractivity contribution in [3.8, 4) is 0 Å². The maximum Gasteiger partial charge on any atom is 0.289 e. The number of carbonyl (C=O) groups is 1. The molecule has 6 heteroatoms. The smallest absolute Gasteiger partial charge is 0.289 e. The Morgan fingerprint density at radius 3 is 2.93 bits per heavy atom. The van der Waals surface area contributed by atoms with E-state index in [-0.39, 0.29) is 18.0 Å². The Balaban J connectivity index is 2.42. The van der Waals surface area contributed by atoms with Crippen molar-refractivity contribution in [3.63, 3.8) is 0 Å². The largest absolute Gasteiger partial charge is 0.325 e. The Morgan fingerprint density at radius 1 is 1.60 bits per heavy atom. The van der Waals surface area contributed by atoms with E-state index < -0.39 is 0 Å². The van der Waals surface area contributed by atoms with Crippen LogP contribution in [0.5, 0.6) is 0 Å². The van der Waals surface area contributed by atoms with E-state index in [0.717, 1.165) is 4.68 Å². The Morgan fingerprint density at radius 2 is 2.40 bits per heavy atom. The van der Waals surface area contributed by atoms with E-state index >= 15 is 0 Å². The van der Waals surface area contributed by atoms with Gasteiger partial charge in [-0.05, 0) is 11.4 Å². The maximum atomic E-state index is 11.8. The minimum absolute atomic E-state index is 0.208. The second-order valence-corrected chi connectivity index (χ2v) is 3.89. The number of thiophene rings is 1. The fourth-order valence-electron chi connectivity index (χ4n) is 1.21. The molecule has 0 fully saturated rings. The highest BCUT2D eigenvalue weighted by molar-refractivity contribution is 7.12. The zero-order chi connectivity index (χ0) is 10.8. The van der Waals surface area contributed by atoms with Crippen molar-refractivity contribution in [2.24, 2.45) is 5.73 Å². The lowest BCUT2D eigenvalue weighted by Gasteiger charge is -1.96. The molecule has 0 aromatic carbocycles. The Hall–Kier alpha value is -1.66. The van der Waals surface area contributed by atoms with Crippen molar-refractivity contribution in [2.45, 2.75) is 6.54 Å². The van der Waals surface area contributed by atoms with Crippen LogP contribution in [0, 0.1) is 0 Å². The van der Waals surface area contributed by atoms with E-state index in [2.05, 4.69) is 5.10 Å². The molecule has 0 saturated carbocycles. The first-order valence-corrected chi connectivity index (χ1v) is 5.19. The number of aromatic nitrogens is 2. The molecular weight excluding hydrogens is 214 g/mol. The van der Waals surface area contributed by atoms with Crippen molar-refractivity contribution in [1.82, 2.24) is 9.78 Å². The van der Waals surface area contributed by atoms with Crippen molar-refractivity contribution < 1.29 is 4.79 Å². The number of nitrogens with zero attached hydrogens (tertiary/aromatic N) is 1. The Kier molecular flexibility index (Phi) is 2.53. The van der Waals surface area contributed by atoms with Gasteiger partial charge in [-0.3, -0.25) is 14.7 Å². The zero-order valence-electron chi connectivity index (χ0n) is 7.77. The van der Waals surface area contributed by atoms with Gasteiger partial charge in [0.05, 0.1) is 10.6 Å². The number of hydrogen-bond donors (Lipinski definition) is 2. The lowest BCUT2D eigenvalue weighted by atomic mass is 10.4. The van der Waals surface area contributed by atoms with Gasteiger partial charge in [-0.25, -0.2) is 0 Å². The summed E-state index contributed by atoms with van der Waals surface area (Å²) < 4.78 is 0.966. The lowest BCUT2D eigenvalue weighted by Crippen LogP contribution is -2.24. The lowest BCUT2D eigenvalue weighted by molar-refractivity contribution is 0.0945. The monoisotopic (exact) mass is 223 g/mol. The summed E-state index contributed by atoms with van der Waals surface area (Å²) in [4.78, 5) is 23.7. The van der Waals surface area contributed by atoms with Crippen LogP contribution in [-0.2, 0) is 6.54 Å². The van der Waals surface area contributed by atoms with Crippen LogP contribution in [-0.4, -0.2) is 15.7 Å². The summed E-state index contributed by atoms with van der Waals surface area (Å²) in [5, 5.41) is 4.44. The molecule has 2 heterocycles. The van der Waals surface area contributed by atoms with Gasteiger partial charge < -0.3 is 5.73 Å². The van der Waals surface area contributed by atoms with Crippen molar-refractivity contribution >= 4 is 17.2 Å². The van der Waals surface area contributed by atoms with E-state index in [9.17, 15) is 9.59 Å². The molecule has 0 atom stereocenters. The molecule has 2 aromatic rings. The molecule has 0 spiro atoms. The number of nitrogens with one attached hydrogen (secondary N) is 1. The molecular formula is C9H9N3O2S. The van der Waals surface area contributed by atoms with Crippen molar-refractivity contribution in [3.05, 3.63) is 44.5 Å². The molecule has 15 heavy (non-hydrogen) atoms. The second-order valence-electron chi connectivity index (χ2n) is 2.94. The third-order valence-corrected chi connectivity index (χ3v) is 2.79.